The number of hydrogen-bond donors (Lipinski definition) is 3. The molecule has 0 aromatic carbocycles. The highest BCUT2D eigenvalue weighted by Gasteiger charge is 2.16. The van der Waals surface area contributed by atoms with Crippen LogP contribution in [-0.2, 0) is 4.74 Å². The molecule has 1 aromatic rings. The molecule has 7 heteroatoms. The minimum Gasteiger partial charge on any atom is -0.478 e. The zero-order valence-electron chi connectivity index (χ0n) is 9.18. The summed E-state index contributed by atoms with van der Waals surface area (Å²) >= 11 is 0. The van der Waals surface area contributed by atoms with Crippen LogP contribution < -0.4 is 5.32 Å². The number of aromatic carboxylic acids is 1. The van der Waals surface area contributed by atoms with E-state index in [1.165, 1.54) is 7.11 Å². The summed E-state index contributed by atoms with van der Waals surface area (Å²) < 4.78 is 17.7. The number of anilines is 1. The Bertz CT molecular complexity index is 400. The van der Waals surface area contributed by atoms with E-state index in [4.69, 9.17) is 14.9 Å². The lowest BCUT2D eigenvalue weighted by Crippen LogP contribution is -2.30. The number of halogens is 1. The first-order valence-electron chi connectivity index (χ1n) is 4.83. The van der Waals surface area contributed by atoms with E-state index >= 15 is 0 Å². The van der Waals surface area contributed by atoms with Gasteiger partial charge in [-0.3, -0.25) is 0 Å². The smallest absolute Gasteiger partial charge is 0.339 e. The maximum Gasteiger partial charge on any atom is 0.339 e. The standard InChI is InChI=1S/C10H13FN2O4/c1-17-5-7(4-14)13-9-8(10(15)16)2-6(11)3-12-9/h2-3,7,14H,4-5H2,1H3,(H,12,13)(H,15,16). The number of pyridine rings is 1. The Morgan fingerprint density at radius 3 is 2.94 bits per heavy atom. The molecule has 1 unspecified atom stereocenters. The van der Waals surface area contributed by atoms with Crippen molar-refractivity contribution >= 4 is 11.8 Å². The largest absolute Gasteiger partial charge is 0.478 e. The number of ether oxygens (including phenoxy) is 1. The molecule has 0 radical (unpaired) electrons. The van der Waals surface area contributed by atoms with Crippen LogP contribution in [0.2, 0.25) is 0 Å². The molecule has 0 bridgehead atoms. The van der Waals surface area contributed by atoms with Crippen LogP contribution in [0.3, 0.4) is 0 Å². The Labute approximate surface area is 97.1 Å². The van der Waals surface area contributed by atoms with Gasteiger partial charge in [-0.05, 0) is 6.07 Å². The number of aliphatic hydroxyl groups excluding tert-OH is 1. The average molecular weight is 244 g/mol. The van der Waals surface area contributed by atoms with E-state index < -0.39 is 17.8 Å². The number of rotatable bonds is 6. The normalized spacial score (nSPS) is 12.2. The van der Waals surface area contributed by atoms with Gasteiger partial charge < -0.3 is 20.3 Å². The summed E-state index contributed by atoms with van der Waals surface area (Å²) in [6.07, 6.45) is 0.899. The Hall–Kier alpha value is -1.73. The third-order valence-corrected chi connectivity index (χ3v) is 2.01. The first-order valence-corrected chi connectivity index (χ1v) is 4.83. The molecular weight excluding hydrogens is 231 g/mol. The summed E-state index contributed by atoms with van der Waals surface area (Å²) in [6.45, 7) is -0.0828. The van der Waals surface area contributed by atoms with E-state index in [9.17, 15) is 9.18 Å². The molecule has 0 spiro atoms. The number of carboxylic acid groups (broad SMARTS) is 1. The lowest BCUT2D eigenvalue weighted by Gasteiger charge is -2.16. The van der Waals surface area contributed by atoms with E-state index in [2.05, 4.69) is 10.3 Å². The van der Waals surface area contributed by atoms with Crippen LogP contribution in [0.5, 0.6) is 0 Å². The molecular formula is C10H13FN2O4. The Balaban J connectivity index is 2.92. The van der Waals surface area contributed by atoms with Crippen molar-refractivity contribution in [2.24, 2.45) is 0 Å². The minimum atomic E-state index is -1.30. The van der Waals surface area contributed by atoms with E-state index in [1.54, 1.807) is 0 Å². The average Bonchev–Trinajstić information content (AvgIpc) is 2.30. The third kappa shape index (κ3) is 3.65. The lowest BCUT2D eigenvalue weighted by atomic mass is 10.2. The van der Waals surface area contributed by atoms with E-state index in [0.717, 1.165) is 12.3 Å². The molecule has 1 atom stereocenters. The van der Waals surface area contributed by atoms with Crippen LogP contribution in [0.25, 0.3) is 0 Å². The van der Waals surface area contributed by atoms with Gasteiger partial charge in [-0.2, -0.15) is 0 Å². The van der Waals surface area contributed by atoms with Gasteiger partial charge in [-0.1, -0.05) is 0 Å². The highest BCUT2D eigenvalue weighted by molar-refractivity contribution is 5.93. The van der Waals surface area contributed by atoms with Gasteiger partial charge in [0.15, 0.2) is 0 Å². The second-order valence-electron chi connectivity index (χ2n) is 3.33. The van der Waals surface area contributed by atoms with Crippen molar-refractivity contribution < 1.29 is 24.1 Å². The van der Waals surface area contributed by atoms with Gasteiger partial charge >= 0.3 is 5.97 Å². The molecule has 6 nitrogen and oxygen atoms in total. The predicted octanol–water partition coefficient (Wildman–Crippen LogP) is 0.338. The first-order chi connectivity index (χ1) is 8.08. The number of aromatic nitrogens is 1. The summed E-state index contributed by atoms with van der Waals surface area (Å²) in [5.41, 5.74) is -0.292. The quantitative estimate of drug-likeness (QED) is 0.668. The molecule has 94 valence electrons. The van der Waals surface area contributed by atoms with Crippen molar-refractivity contribution in [1.29, 1.82) is 0 Å². The Morgan fingerprint density at radius 1 is 1.71 bits per heavy atom. The van der Waals surface area contributed by atoms with Crippen LogP contribution in [0.4, 0.5) is 10.2 Å². The van der Waals surface area contributed by atoms with Crippen molar-refractivity contribution in [1.82, 2.24) is 4.98 Å². The predicted molar refractivity (Wildman–Crippen MR) is 57.5 cm³/mol. The molecule has 0 fully saturated rings. The highest BCUT2D eigenvalue weighted by atomic mass is 19.1. The monoisotopic (exact) mass is 244 g/mol. The minimum absolute atomic E-state index is 0.00463. The van der Waals surface area contributed by atoms with Gasteiger partial charge in [0.25, 0.3) is 0 Å². The van der Waals surface area contributed by atoms with Gasteiger partial charge in [0.2, 0.25) is 0 Å². The van der Waals surface area contributed by atoms with E-state index in [-0.39, 0.29) is 24.6 Å². The maximum absolute atomic E-state index is 12.8. The molecule has 1 heterocycles. The fraction of sp³-hybridized carbons (Fsp3) is 0.400. The fourth-order valence-corrected chi connectivity index (χ4v) is 1.25. The second kappa shape index (κ2) is 6.12. The summed E-state index contributed by atoms with van der Waals surface area (Å²) in [5, 5.41) is 20.5. The Kier molecular flexibility index (Phi) is 4.80. The number of methoxy groups -OCH3 is 1. The number of carboxylic acids is 1. The Morgan fingerprint density at radius 2 is 2.41 bits per heavy atom. The number of hydrogen-bond acceptors (Lipinski definition) is 5. The summed E-state index contributed by atoms with van der Waals surface area (Å²) in [5.74, 6) is -2.04. The maximum atomic E-state index is 12.8. The van der Waals surface area contributed by atoms with Crippen molar-refractivity contribution in [2.45, 2.75) is 6.04 Å². The van der Waals surface area contributed by atoms with E-state index in [1.807, 2.05) is 0 Å². The van der Waals surface area contributed by atoms with Crippen LogP contribution in [0.15, 0.2) is 12.3 Å². The molecule has 0 amide bonds. The molecule has 1 rings (SSSR count). The van der Waals surface area contributed by atoms with Crippen molar-refractivity contribution in [3.8, 4) is 0 Å². The highest BCUT2D eigenvalue weighted by Crippen LogP contribution is 2.14. The molecule has 0 aliphatic heterocycles. The van der Waals surface area contributed by atoms with Gasteiger partial charge in [0.1, 0.15) is 17.2 Å². The number of aliphatic hydroxyl groups is 1. The van der Waals surface area contributed by atoms with Gasteiger partial charge in [0, 0.05) is 7.11 Å². The number of carbonyl (C=O) groups is 1. The fourth-order valence-electron chi connectivity index (χ4n) is 1.25. The van der Waals surface area contributed by atoms with Crippen LogP contribution in [0.1, 0.15) is 10.4 Å². The van der Waals surface area contributed by atoms with Crippen molar-refractivity contribution in [2.75, 3.05) is 25.6 Å². The summed E-state index contributed by atoms with van der Waals surface area (Å²) in [7, 11) is 1.44. The van der Waals surface area contributed by atoms with Gasteiger partial charge in [0.05, 0.1) is 25.5 Å². The number of nitrogens with zero attached hydrogens (tertiary/aromatic N) is 1. The molecule has 0 aliphatic carbocycles. The topological polar surface area (TPSA) is 91.7 Å². The van der Waals surface area contributed by atoms with Crippen LogP contribution in [0, 0.1) is 5.82 Å². The zero-order chi connectivity index (χ0) is 12.8. The molecule has 0 saturated carbocycles. The first kappa shape index (κ1) is 13.3. The molecule has 3 N–H and O–H groups in total. The second-order valence-corrected chi connectivity index (χ2v) is 3.33. The molecule has 1 aromatic heterocycles. The molecule has 0 aliphatic rings. The number of nitrogens with one attached hydrogen (secondary N) is 1. The van der Waals surface area contributed by atoms with E-state index in [0.29, 0.717) is 0 Å². The summed E-state index contributed by atoms with van der Waals surface area (Å²) in [6, 6.07) is 0.356. The van der Waals surface area contributed by atoms with Crippen LogP contribution >= 0.6 is 0 Å². The van der Waals surface area contributed by atoms with Gasteiger partial charge in [-0.25, -0.2) is 14.2 Å². The van der Waals surface area contributed by atoms with Crippen molar-refractivity contribution in [3.63, 3.8) is 0 Å². The third-order valence-electron chi connectivity index (χ3n) is 2.01. The van der Waals surface area contributed by atoms with Crippen LogP contribution in [-0.4, -0.2) is 47.5 Å². The molecule has 17 heavy (non-hydrogen) atoms. The van der Waals surface area contributed by atoms with Gasteiger partial charge in [-0.15, -0.1) is 0 Å². The van der Waals surface area contributed by atoms with Crippen molar-refractivity contribution in [3.05, 3.63) is 23.6 Å². The lowest BCUT2D eigenvalue weighted by molar-refractivity contribution is 0.0696. The SMILES string of the molecule is COCC(CO)Nc1ncc(F)cc1C(=O)O. The zero-order valence-corrected chi connectivity index (χ0v) is 9.18. The summed E-state index contributed by atoms with van der Waals surface area (Å²) in [4.78, 5) is 14.5. The molecule has 0 saturated heterocycles.